The minimum atomic E-state index is -0.745. The standard InChI is InChI=1S/C14H21FO3/c1-11(17)13-10-12(15)6-7-14(13)18-9-5-3-2-4-8-16/h6-7,10-11,16-17H,2-5,8-9H2,1H3. The first-order chi connectivity index (χ1) is 8.65. The summed E-state index contributed by atoms with van der Waals surface area (Å²) >= 11 is 0. The molecule has 0 radical (unpaired) electrons. The molecule has 0 spiro atoms. The van der Waals surface area contributed by atoms with E-state index in [4.69, 9.17) is 9.84 Å². The summed E-state index contributed by atoms with van der Waals surface area (Å²) < 4.78 is 18.6. The van der Waals surface area contributed by atoms with Crippen molar-refractivity contribution in [2.45, 2.75) is 38.7 Å². The molecule has 0 aliphatic rings. The topological polar surface area (TPSA) is 49.7 Å². The van der Waals surface area contributed by atoms with Gasteiger partial charge >= 0.3 is 0 Å². The van der Waals surface area contributed by atoms with Crippen molar-refractivity contribution in [3.63, 3.8) is 0 Å². The maximum Gasteiger partial charge on any atom is 0.125 e. The lowest BCUT2D eigenvalue weighted by molar-refractivity contribution is 0.190. The van der Waals surface area contributed by atoms with E-state index in [9.17, 15) is 9.50 Å². The summed E-state index contributed by atoms with van der Waals surface area (Å²) in [6.45, 7) is 2.35. The average molecular weight is 256 g/mol. The molecule has 0 fully saturated rings. The molecule has 0 saturated carbocycles. The highest BCUT2D eigenvalue weighted by Gasteiger charge is 2.10. The lowest BCUT2D eigenvalue weighted by Gasteiger charge is -2.13. The van der Waals surface area contributed by atoms with Crippen LogP contribution in [-0.4, -0.2) is 23.4 Å². The quantitative estimate of drug-likeness (QED) is 0.703. The molecule has 3 nitrogen and oxygen atoms in total. The number of hydrogen-bond donors (Lipinski definition) is 2. The van der Waals surface area contributed by atoms with Crippen molar-refractivity contribution >= 4 is 0 Å². The van der Waals surface area contributed by atoms with E-state index in [-0.39, 0.29) is 12.4 Å². The Hall–Kier alpha value is -1.13. The van der Waals surface area contributed by atoms with Gasteiger partial charge in [0.2, 0.25) is 0 Å². The fourth-order valence-corrected chi connectivity index (χ4v) is 1.73. The Morgan fingerprint density at radius 2 is 1.94 bits per heavy atom. The molecule has 1 unspecified atom stereocenters. The Bertz CT molecular complexity index is 353. The number of rotatable bonds is 8. The molecule has 0 aromatic heterocycles. The normalized spacial score (nSPS) is 12.4. The fraction of sp³-hybridized carbons (Fsp3) is 0.571. The number of aliphatic hydroxyl groups excluding tert-OH is 2. The predicted octanol–water partition coefficient (Wildman–Crippen LogP) is 2.81. The number of unbranched alkanes of at least 4 members (excludes halogenated alkanes) is 3. The first-order valence-corrected chi connectivity index (χ1v) is 6.36. The monoisotopic (exact) mass is 256 g/mol. The second-order valence-electron chi connectivity index (χ2n) is 4.34. The van der Waals surface area contributed by atoms with Crippen molar-refractivity contribution in [1.82, 2.24) is 0 Å². The van der Waals surface area contributed by atoms with Gasteiger partial charge in [-0.05, 0) is 44.4 Å². The van der Waals surface area contributed by atoms with Crippen LogP contribution in [0.15, 0.2) is 18.2 Å². The Balaban J connectivity index is 2.42. The molecule has 102 valence electrons. The van der Waals surface area contributed by atoms with E-state index in [1.54, 1.807) is 13.0 Å². The van der Waals surface area contributed by atoms with Gasteiger partial charge in [0.1, 0.15) is 11.6 Å². The van der Waals surface area contributed by atoms with E-state index >= 15 is 0 Å². The highest BCUT2D eigenvalue weighted by atomic mass is 19.1. The summed E-state index contributed by atoms with van der Waals surface area (Å²) in [5.74, 6) is 0.162. The molecule has 0 saturated heterocycles. The van der Waals surface area contributed by atoms with E-state index in [1.807, 2.05) is 0 Å². The van der Waals surface area contributed by atoms with Gasteiger partial charge in [-0.15, -0.1) is 0 Å². The molecule has 1 atom stereocenters. The van der Waals surface area contributed by atoms with Gasteiger partial charge in [0, 0.05) is 12.2 Å². The van der Waals surface area contributed by atoms with E-state index < -0.39 is 6.10 Å². The van der Waals surface area contributed by atoms with Crippen molar-refractivity contribution in [1.29, 1.82) is 0 Å². The Morgan fingerprint density at radius 3 is 2.61 bits per heavy atom. The molecule has 18 heavy (non-hydrogen) atoms. The van der Waals surface area contributed by atoms with E-state index in [0.29, 0.717) is 17.9 Å². The highest BCUT2D eigenvalue weighted by Crippen LogP contribution is 2.26. The van der Waals surface area contributed by atoms with Gasteiger partial charge in [0.25, 0.3) is 0 Å². The minimum Gasteiger partial charge on any atom is -0.493 e. The Labute approximate surface area is 107 Å². The highest BCUT2D eigenvalue weighted by molar-refractivity contribution is 5.35. The zero-order valence-electron chi connectivity index (χ0n) is 10.7. The van der Waals surface area contributed by atoms with Crippen molar-refractivity contribution in [2.24, 2.45) is 0 Å². The van der Waals surface area contributed by atoms with E-state index in [2.05, 4.69) is 0 Å². The third kappa shape index (κ3) is 5.02. The SMILES string of the molecule is CC(O)c1cc(F)ccc1OCCCCCCO. The molecule has 2 N–H and O–H groups in total. The molecule has 1 aromatic rings. The summed E-state index contributed by atoms with van der Waals surface area (Å²) in [6.07, 6.45) is 2.93. The third-order valence-electron chi connectivity index (χ3n) is 2.73. The number of aliphatic hydroxyl groups is 2. The Morgan fingerprint density at radius 1 is 1.22 bits per heavy atom. The van der Waals surface area contributed by atoms with Crippen LogP contribution in [0.5, 0.6) is 5.75 Å². The number of halogens is 1. The molecule has 4 heteroatoms. The first kappa shape index (κ1) is 14.9. The van der Waals surface area contributed by atoms with Crippen LogP contribution < -0.4 is 4.74 Å². The molecule has 0 bridgehead atoms. The van der Waals surface area contributed by atoms with Crippen LogP contribution >= 0.6 is 0 Å². The van der Waals surface area contributed by atoms with Crippen LogP contribution in [0, 0.1) is 5.82 Å². The molecule has 0 heterocycles. The van der Waals surface area contributed by atoms with Gasteiger partial charge in [-0.25, -0.2) is 4.39 Å². The van der Waals surface area contributed by atoms with Crippen LogP contribution in [0.25, 0.3) is 0 Å². The van der Waals surface area contributed by atoms with Gasteiger partial charge in [-0.1, -0.05) is 6.42 Å². The molecule has 0 aliphatic heterocycles. The average Bonchev–Trinajstić information content (AvgIpc) is 2.35. The first-order valence-electron chi connectivity index (χ1n) is 6.36. The predicted molar refractivity (Wildman–Crippen MR) is 68.1 cm³/mol. The van der Waals surface area contributed by atoms with Crippen LogP contribution in [0.2, 0.25) is 0 Å². The van der Waals surface area contributed by atoms with Gasteiger partial charge in [-0.2, -0.15) is 0 Å². The van der Waals surface area contributed by atoms with Gasteiger partial charge in [0.05, 0.1) is 12.7 Å². The number of benzene rings is 1. The second kappa shape index (κ2) is 8.06. The summed E-state index contributed by atoms with van der Waals surface area (Å²) in [6, 6.07) is 4.17. The summed E-state index contributed by atoms with van der Waals surface area (Å²) in [4.78, 5) is 0. The zero-order chi connectivity index (χ0) is 13.4. The van der Waals surface area contributed by atoms with Crippen molar-refractivity contribution in [3.05, 3.63) is 29.6 Å². The Kier molecular flexibility index (Phi) is 6.68. The smallest absolute Gasteiger partial charge is 0.125 e. The summed E-state index contributed by atoms with van der Waals surface area (Å²) in [5, 5.41) is 18.2. The third-order valence-corrected chi connectivity index (χ3v) is 2.73. The molecular formula is C14H21FO3. The van der Waals surface area contributed by atoms with Gasteiger partial charge in [-0.3, -0.25) is 0 Å². The van der Waals surface area contributed by atoms with Crippen LogP contribution in [0.1, 0.15) is 44.3 Å². The summed E-state index contributed by atoms with van der Waals surface area (Å²) in [5.41, 5.74) is 0.477. The number of ether oxygens (including phenoxy) is 1. The molecular weight excluding hydrogens is 235 g/mol. The van der Waals surface area contributed by atoms with Crippen molar-refractivity contribution in [3.8, 4) is 5.75 Å². The van der Waals surface area contributed by atoms with Gasteiger partial charge < -0.3 is 14.9 Å². The molecule has 1 rings (SSSR count). The van der Waals surface area contributed by atoms with Gasteiger partial charge in [0.15, 0.2) is 0 Å². The molecule has 1 aromatic carbocycles. The maximum atomic E-state index is 13.0. The maximum absolute atomic E-state index is 13.0. The lowest BCUT2D eigenvalue weighted by atomic mass is 10.1. The second-order valence-corrected chi connectivity index (χ2v) is 4.34. The van der Waals surface area contributed by atoms with E-state index in [1.165, 1.54) is 12.1 Å². The number of hydrogen-bond acceptors (Lipinski definition) is 3. The largest absolute Gasteiger partial charge is 0.493 e. The van der Waals surface area contributed by atoms with E-state index in [0.717, 1.165) is 25.7 Å². The zero-order valence-corrected chi connectivity index (χ0v) is 10.7. The fourth-order valence-electron chi connectivity index (χ4n) is 1.73. The van der Waals surface area contributed by atoms with Crippen LogP contribution in [-0.2, 0) is 0 Å². The van der Waals surface area contributed by atoms with Crippen molar-refractivity contribution in [2.75, 3.05) is 13.2 Å². The van der Waals surface area contributed by atoms with Crippen LogP contribution in [0.4, 0.5) is 4.39 Å². The van der Waals surface area contributed by atoms with Crippen molar-refractivity contribution < 1.29 is 19.3 Å². The lowest BCUT2D eigenvalue weighted by Crippen LogP contribution is -2.03. The summed E-state index contributed by atoms with van der Waals surface area (Å²) in [7, 11) is 0. The molecule has 0 aliphatic carbocycles. The molecule has 0 amide bonds. The minimum absolute atomic E-state index is 0.227. The van der Waals surface area contributed by atoms with Crippen LogP contribution in [0.3, 0.4) is 0 Å².